The predicted molar refractivity (Wildman–Crippen MR) is 152 cm³/mol. The molecule has 0 saturated carbocycles. The van der Waals surface area contributed by atoms with Crippen molar-refractivity contribution in [2.45, 2.75) is 25.8 Å². The first kappa shape index (κ1) is 29.9. The highest BCUT2D eigenvalue weighted by Gasteiger charge is 2.35. The maximum absolute atomic E-state index is 13.9. The number of anilines is 4. The van der Waals surface area contributed by atoms with Gasteiger partial charge in [0.15, 0.2) is 0 Å². The zero-order valence-corrected chi connectivity index (χ0v) is 23.3. The number of carbonyl (C=O) groups is 1. The number of aliphatic hydroxyl groups is 1. The average molecular weight is 588 g/mol. The fourth-order valence-corrected chi connectivity index (χ4v) is 4.55. The van der Waals surface area contributed by atoms with Crippen LogP contribution in [0.2, 0.25) is 0 Å². The van der Waals surface area contributed by atoms with Gasteiger partial charge in [-0.2, -0.15) is 23.3 Å². The first-order valence-electron chi connectivity index (χ1n) is 12.6. The van der Waals surface area contributed by atoms with E-state index < -0.39 is 23.5 Å². The van der Waals surface area contributed by atoms with E-state index in [1.54, 1.807) is 41.3 Å². The van der Waals surface area contributed by atoms with Crippen molar-refractivity contribution in [3.05, 3.63) is 77.7 Å². The number of benzene rings is 2. The molecule has 4 aromatic rings. The highest BCUT2D eigenvalue weighted by atomic mass is 31.1. The molecule has 0 fully saturated rings. The molecule has 0 radical (unpaired) electrons. The highest BCUT2D eigenvalue weighted by Crippen LogP contribution is 2.36. The van der Waals surface area contributed by atoms with Gasteiger partial charge in [0.1, 0.15) is 11.4 Å². The summed E-state index contributed by atoms with van der Waals surface area (Å²) >= 11 is 0. The van der Waals surface area contributed by atoms with Crippen LogP contribution in [0.15, 0.2) is 61.1 Å². The molecule has 0 spiro atoms. The van der Waals surface area contributed by atoms with Crippen LogP contribution < -0.4 is 16.0 Å². The zero-order valence-electron chi connectivity index (χ0n) is 22.3. The van der Waals surface area contributed by atoms with Gasteiger partial charge in [-0.25, -0.2) is 4.98 Å². The number of aliphatic hydroxyl groups excluding tert-OH is 1. The predicted octanol–water partition coefficient (Wildman–Crippen LogP) is 5.33. The minimum absolute atomic E-state index is 0.0566. The zero-order chi connectivity index (χ0) is 29.4. The second-order valence-electron chi connectivity index (χ2n) is 8.71. The van der Waals surface area contributed by atoms with Gasteiger partial charge < -0.3 is 25.6 Å². The van der Waals surface area contributed by atoms with Crippen LogP contribution in [0.1, 0.15) is 28.4 Å². The molecule has 2 aromatic carbocycles. The van der Waals surface area contributed by atoms with E-state index in [1.807, 2.05) is 19.1 Å². The second kappa shape index (κ2) is 13.5. The standard InChI is InChI=1S/C27H29F3N7O3P/c1-3-40-41-16-17-4-7-20(8-5-17)34-26-32-14-22(27(28,29)30)24(36-26)35-23-9-6-18(12-21(23)25(39)31-2)19-13-33-37(15-19)10-11-38/h4-9,12-15,38,41H,3,10-11,16H2,1-2H3,(H,31,39)(H2,32,34,35,36). The average Bonchev–Trinajstić information content (AvgIpc) is 3.42. The summed E-state index contributed by atoms with van der Waals surface area (Å²) in [7, 11) is 1.77. The van der Waals surface area contributed by atoms with Crippen LogP contribution in [0.25, 0.3) is 11.1 Å². The summed E-state index contributed by atoms with van der Waals surface area (Å²) in [5, 5.41) is 21.4. The Labute approximate surface area is 236 Å². The molecule has 4 rings (SSSR count). The van der Waals surface area contributed by atoms with Crippen LogP contribution in [0.4, 0.5) is 36.3 Å². The quantitative estimate of drug-likeness (QED) is 0.130. The van der Waals surface area contributed by atoms with Gasteiger partial charge in [-0.05, 0) is 42.3 Å². The third kappa shape index (κ3) is 7.78. The molecule has 216 valence electrons. The number of alkyl halides is 3. The summed E-state index contributed by atoms with van der Waals surface area (Å²) in [6.45, 7) is 2.78. The van der Waals surface area contributed by atoms with Crippen LogP contribution in [0, 0.1) is 0 Å². The van der Waals surface area contributed by atoms with Gasteiger partial charge >= 0.3 is 6.18 Å². The van der Waals surface area contributed by atoms with Crippen molar-refractivity contribution < 1.29 is 27.6 Å². The molecule has 10 nitrogen and oxygen atoms in total. The molecule has 2 heterocycles. The van der Waals surface area contributed by atoms with Crippen molar-refractivity contribution >= 4 is 37.9 Å². The summed E-state index contributed by atoms with van der Waals surface area (Å²) in [5.74, 6) is -1.08. The summed E-state index contributed by atoms with van der Waals surface area (Å²) in [6.07, 6.45) is -0.0303. The summed E-state index contributed by atoms with van der Waals surface area (Å²) in [5.41, 5.74) is 2.07. The van der Waals surface area contributed by atoms with Crippen LogP contribution >= 0.6 is 8.81 Å². The molecule has 0 aliphatic heterocycles. The number of carbonyl (C=O) groups excluding carboxylic acids is 1. The molecule has 0 bridgehead atoms. The van der Waals surface area contributed by atoms with Crippen molar-refractivity contribution in [1.82, 2.24) is 25.1 Å². The Morgan fingerprint density at radius 2 is 1.88 bits per heavy atom. The minimum Gasteiger partial charge on any atom is -0.394 e. The number of rotatable bonds is 12. The first-order valence-corrected chi connectivity index (χ1v) is 13.7. The maximum atomic E-state index is 13.9. The molecular weight excluding hydrogens is 558 g/mol. The third-order valence-corrected chi connectivity index (χ3v) is 6.91. The fourth-order valence-electron chi connectivity index (χ4n) is 3.84. The second-order valence-corrected chi connectivity index (χ2v) is 9.64. The van der Waals surface area contributed by atoms with E-state index in [9.17, 15) is 18.0 Å². The smallest absolute Gasteiger partial charge is 0.394 e. The molecule has 41 heavy (non-hydrogen) atoms. The van der Waals surface area contributed by atoms with Gasteiger partial charge in [0.05, 0.1) is 30.6 Å². The molecule has 0 saturated heterocycles. The molecule has 1 atom stereocenters. The Hall–Kier alpha value is -4.06. The molecule has 1 amide bonds. The Morgan fingerprint density at radius 3 is 2.56 bits per heavy atom. The van der Waals surface area contributed by atoms with Gasteiger partial charge in [0, 0.05) is 52.3 Å². The third-order valence-electron chi connectivity index (χ3n) is 5.87. The molecule has 4 N–H and O–H groups in total. The summed E-state index contributed by atoms with van der Waals surface area (Å²) < 4.78 is 48.6. The van der Waals surface area contributed by atoms with Crippen LogP contribution in [0.5, 0.6) is 0 Å². The SMILES string of the molecule is CCOPCc1ccc(Nc2ncc(C(F)(F)F)c(Nc3ccc(-c4cnn(CCO)c4)cc3C(=O)NC)n2)cc1. The number of halogens is 3. The van der Waals surface area contributed by atoms with Crippen LogP contribution in [-0.4, -0.2) is 51.0 Å². The number of amides is 1. The van der Waals surface area contributed by atoms with Crippen molar-refractivity contribution in [1.29, 1.82) is 0 Å². The van der Waals surface area contributed by atoms with Crippen LogP contribution in [-0.2, 0) is 23.4 Å². The lowest BCUT2D eigenvalue weighted by molar-refractivity contribution is -0.137. The van der Waals surface area contributed by atoms with Crippen molar-refractivity contribution in [3.8, 4) is 11.1 Å². The van der Waals surface area contributed by atoms with Crippen molar-refractivity contribution in [2.75, 3.05) is 30.9 Å². The minimum atomic E-state index is -4.75. The van der Waals surface area contributed by atoms with E-state index in [2.05, 4.69) is 31.0 Å². The Balaban J connectivity index is 1.63. The number of aromatic nitrogens is 4. The maximum Gasteiger partial charge on any atom is 0.421 e. The van der Waals surface area contributed by atoms with Gasteiger partial charge in [0.25, 0.3) is 5.91 Å². The molecule has 14 heteroatoms. The topological polar surface area (TPSA) is 126 Å². The fraction of sp³-hybridized carbons (Fsp3) is 0.259. The van der Waals surface area contributed by atoms with E-state index in [-0.39, 0.29) is 23.8 Å². The van der Waals surface area contributed by atoms with Crippen molar-refractivity contribution in [3.63, 3.8) is 0 Å². The first-order chi connectivity index (χ1) is 19.7. The number of hydrogen-bond donors (Lipinski definition) is 4. The molecule has 0 aliphatic carbocycles. The van der Waals surface area contributed by atoms with E-state index >= 15 is 0 Å². The van der Waals surface area contributed by atoms with Gasteiger partial charge in [-0.3, -0.25) is 9.48 Å². The number of nitrogens with one attached hydrogen (secondary N) is 3. The molecular formula is C27H29F3N7O3P. The van der Waals surface area contributed by atoms with Crippen LogP contribution in [0.3, 0.4) is 0 Å². The lowest BCUT2D eigenvalue weighted by atomic mass is 10.0. The lowest BCUT2D eigenvalue weighted by Gasteiger charge is -2.17. The Bertz CT molecular complexity index is 1480. The van der Waals surface area contributed by atoms with Gasteiger partial charge in [-0.15, -0.1) is 0 Å². The Morgan fingerprint density at radius 1 is 1.10 bits per heavy atom. The summed E-state index contributed by atoms with van der Waals surface area (Å²) in [6, 6.07) is 12.0. The molecule has 2 aromatic heterocycles. The van der Waals surface area contributed by atoms with Gasteiger partial charge in [0.2, 0.25) is 5.95 Å². The van der Waals surface area contributed by atoms with Gasteiger partial charge in [-0.1, -0.05) is 18.2 Å². The Kier molecular flexibility index (Phi) is 9.87. The number of nitrogens with zero attached hydrogens (tertiary/aromatic N) is 4. The summed E-state index contributed by atoms with van der Waals surface area (Å²) in [4.78, 5) is 20.7. The number of hydrogen-bond acceptors (Lipinski definition) is 8. The van der Waals surface area contributed by atoms with Crippen molar-refractivity contribution in [2.24, 2.45) is 0 Å². The molecule has 0 aliphatic rings. The molecule has 1 unspecified atom stereocenters. The normalized spacial score (nSPS) is 11.7. The van der Waals surface area contributed by atoms with E-state index in [1.165, 1.54) is 13.1 Å². The van der Waals surface area contributed by atoms with E-state index in [0.29, 0.717) is 45.0 Å². The highest BCUT2D eigenvalue weighted by molar-refractivity contribution is 7.31. The lowest BCUT2D eigenvalue weighted by Crippen LogP contribution is -2.20. The monoisotopic (exact) mass is 587 g/mol. The van der Waals surface area contributed by atoms with E-state index in [0.717, 1.165) is 11.7 Å². The largest absolute Gasteiger partial charge is 0.421 e. The van der Waals surface area contributed by atoms with E-state index in [4.69, 9.17) is 9.63 Å².